The number of hydrogen-bond donors (Lipinski definition) is 0. The maximum absolute atomic E-state index is 11.5. The first kappa shape index (κ1) is 13.0. The average Bonchev–Trinajstić information content (AvgIpc) is 3.01. The highest BCUT2D eigenvalue weighted by Crippen LogP contribution is 2.34. The molecule has 0 saturated carbocycles. The maximum Gasteiger partial charge on any atom is 0.223 e. The van der Waals surface area contributed by atoms with E-state index in [4.69, 9.17) is 0 Å². The van der Waals surface area contributed by atoms with Gasteiger partial charge in [0.25, 0.3) is 0 Å². The Labute approximate surface area is 121 Å². The van der Waals surface area contributed by atoms with Crippen LogP contribution in [-0.4, -0.2) is 23.7 Å². The van der Waals surface area contributed by atoms with Crippen molar-refractivity contribution < 1.29 is 9.59 Å². The Morgan fingerprint density at radius 2 is 2.25 bits per heavy atom. The fourth-order valence-electron chi connectivity index (χ4n) is 2.61. The van der Waals surface area contributed by atoms with Crippen LogP contribution in [0.3, 0.4) is 0 Å². The van der Waals surface area contributed by atoms with Crippen molar-refractivity contribution in [2.45, 2.75) is 20.3 Å². The van der Waals surface area contributed by atoms with Crippen LogP contribution in [0.4, 0.5) is 5.69 Å². The van der Waals surface area contributed by atoms with Gasteiger partial charge in [-0.05, 0) is 31.0 Å². The van der Waals surface area contributed by atoms with Crippen LogP contribution in [0.15, 0.2) is 18.2 Å². The number of hydrogen-bond acceptors (Lipinski definition) is 4. The van der Waals surface area contributed by atoms with Crippen LogP contribution in [-0.2, 0) is 11.2 Å². The number of aryl methyl sites for hydroxylation is 1. The largest absolute Gasteiger partial charge is 0.312 e. The Bertz CT molecular complexity index is 706. The van der Waals surface area contributed by atoms with Gasteiger partial charge in [-0.3, -0.25) is 9.59 Å². The van der Waals surface area contributed by atoms with Gasteiger partial charge in [0.2, 0.25) is 5.91 Å². The van der Waals surface area contributed by atoms with Crippen molar-refractivity contribution in [1.82, 2.24) is 4.98 Å². The Balaban J connectivity index is 2.03. The number of thiazole rings is 1. The van der Waals surface area contributed by atoms with E-state index in [2.05, 4.69) is 11.1 Å². The van der Waals surface area contributed by atoms with Crippen molar-refractivity contribution in [3.8, 4) is 11.3 Å². The molecule has 0 spiro atoms. The molecule has 0 aliphatic carbocycles. The number of rotatable bonds is 2. The Morgan fingerprint density at radius 1 is 1.45 bits per heavy atom. The van der Waals surface area contributed by atoms with Gasteiger partial charge in [-0.15, -0.1) is 11.3 Å². The van der Waals surface area contributed by atoms with Crippen molar-refractivity contribution in [2.75, 3.05) is 11.4 Å². The van der Waals surface area contributed by atoms with Gasteiger partial charge in [-0.1, -0.05) is 6.07 Å². The maximum atomic E-state index is 11.5. The number of aldehydes is 1. The van der Waals surface area contributed by atoms with Crippen molar-refractivity contribution in [3.63, 3.8) is 0 Å². The van der Waals surface area contributed by atoms with Gasteiger partial charge < -0.3 is 4.90 Å². The van der Waals surface area contributed by atoms with Crippen LogP contribution in [0.5, 0.6) is 0 Å². The summed E-state index contributed by atoms with van der Waals surface area (Å²) in [5.74, 6) is 0.0737. The molecule has 102 valence electrons. The predicted molar refractivity (Wildman–Crippen MR) is 79.4 cm³/mol. The average molecular weight is 286 g/mol. The Kier molecular flexibility index (Phi) is 3.14. The number of anilines is 1. The quantitative estimate of drug-likeness (QED) is 0.798. The third-order valence-electron chi connectivity index (χ3n) is 3.54. The molecule has 1 aromatic heterocycles. The summed E-state index contributed by atoms with van der Waals surface area (Å²) in [5, 5.41) is 0.503. The molecule has 4 nitrogen and oxygen atoms in total. The smallest absolute Gasteiger partial charge is 0.223 e. The molecule has 1 aromatic carbocycles. The predicted octanol–water partition coefficient (Wildman–Crippen LogP) is 2.84. The van der Waals surface area contributed by atoms with Gasteiger partial charge >= 0.3 is 0 Å². The van der Waals surface area contributed by atoms with Crippen LogP contribution in [0, 0.1) is 6.92 Å². The number of aromatic nitrogens is 1. The summed E-state index contributed by atoms with van der Waals surface area (Å²) in [5.41, 5.74) is 4.03. The third kappa shape index (κ3) is 2.04. The van der Waals surface area contributed by atoms with Crippen molar-refractivity contribution in [3.05, 3.63) is 33.6 Å². The molecule has 0 unspecified atom stereocenters. The monoisotopic (exact) mass is 286 g/mol. The van der Waals surface area contributed by atoms with Gasteiger partial charge in [-0.25, -0.2) is 4.98 Å². The lowest BCUT2D eigenvalue weighted by Gasteiger charge is -2.14. The van der Waals surface area contributed by atoms with E-state index in [9.17, 15) is 9.59 Å². The number of nitrogens with zero attached hydrogens (tertiary/aromatic N) is 2. The summed E-state index contributed by atoms with van der Waals surface area (Å²) < 4.78 is 0. The molecule has 1 amide bonds. The second-order valence-corrected chi connectivity index (χ2v) is 6.07. The van der Waals surface area contributed by atoms with Gasteiger partial charge in [0.1, 0.15) is 0 Å². The van der Waals surface area contributed by atoms with E-state index in [-0.39, 0.29) is 5.91 Å². The molecule has 2 aromatic rings. The van der Waals surface area contributed by atoms with Crippen molar-refractivity contribution >= 4 is 29.2 Å². The summed E-state index contributed by atoms with van der Waals surface area (Å²) in [6, 6.07) is 6.02. The summed E-state index contributed by atoms with van der Waals surface area (Å²) in [6.45, 7) is 4.29. The van der Waals surface area contributed by atoms with Crippen molar-refractivity contribution in [1.29, 1.82) is 0 Å². The van der Waals surface area contributed by atoms with Crippen LogP contribution in [0.1, 0.15) is 27.2 Å². The second kappa shape index (κ2) is 4.83. The van der Waals surface area contributed by atoms with E-state index in [0.29, 0.717) is 5.01 Å². The topological polar surface area (TPSA) is 50.3 Å². The molecular weight excluding hydrogens is 272 g/mol. The normalized spacial score (nSPS) is 13.4. The SMILES string of the molecule is CC(=O)N1CCc2cc(-c3nc(C=O)sc3C)ccc21. The Hall–Kier alpha value is -2.01. The van der Waals surface area contributed by atoms with Crippen LogP contribution >= 0.6 is 11.3 Å². The zero-order chi connectivity index (χ0) is 14.3. The fourth-order valence-corrected chi connectivity index (χ4v) is 3.37. The number of amides is 1. The molecule has 5 heteroatoms. The highest BCUT2D eigenvalue weighted by Gasteiger charge is 2.23. The number of fused-ring (bicyclic) bond motifs is 1. The van der Waals surface area contributed by atoms with Gasteiger partial charge in [0, 0.05) is 29.6 Å². The summed E-state index contributed by atoms with van der Waals surface area (Å²) in [6.07, 6.45) is 1.65. The molecular formula is C15H14N2O2S. The summed E-state index contributed by atoms with van der Waals surface area (Å²) >= 11 is 1.40. The number of benzene rings is 1. The van der Waals surface area contributed by atoms with E-state index in [1.54, 1.807) is 11.8 Å². The summed E-state index contributed by atoms with van der Waals surface area (Å²) in [7, 11) is 0. The third-order valence-corrected chi connectivity index (χ3v) is 4.44. The van der Waals surface area contributed by atoms with E-state index in [1.165, 1.54) is 11.3 Å². The highest BCUT2D eigenvalue weighted by molar-refractivity contribution is 7.13. The zero-order valence-corrected chi connectivity index (χ0v) is 12.2. The number of carbonyl (C=O) groups excluding carboxylic acids is 2. The molecule has 20 heavy (non-hydrogen) atoms. The molecule has 1 aliphatic heterocycles. The molecule has 0 N–H and O–H groups in total. The highest BCUT2D eigenvalue weighted by atomic mass is 32.1. The molecule has 2 heterocycles. The van der Waals surface area contributed by atoms with Crippen LogP contribution < -0.4 is 4.90 Å². The van der Waals surface area contributed by atoms with E-state index >= 15 is 0 Å². The molecule has 0 saturated heterocycles. The lowest BCUT2D eigenvalue weighted by molar-refractivity contribution is -0.116. The molecule has 0 radical (unpaired) electrons. The lowest BCUT2D eigenvalue weighted by Crippen LogP contribution is -2.25. The van der Waals surface area contributed by atoms with Crippen molar-refractivity contribution in [2.24, 2.45) is 0 Å². The first-order valence-corrected chi connectivity index (χ1v) is 7.26. The zero-order valence-electron chi connectivity index (χ0n) is 11.3. The molecule has 3 rings (SSSR count). The molecule has 1 aliphatic rings. The van der Waals surface area contributed by atoms with Gasteiger partial charge in [-0.2, -0.15) is 0 Å². The second-order valence-electron chi connectivity index (χ2n) is 4.84. The molecule has 0 bridgehead atoms. The molecule has 0 fully saturated rings. The minimum absolute atomic E-state index is 0.0737. The van der Waals surface area contributed by atoms with Crippen LogP contribution in [0.25, 0.3) is 11.3 Å². The fraction of sp³-hybridized carbons (Fsp3) is 0.267. The minimum Gasteiger partial charge on any atom is -0.312 e. The van der Waals surface area contributed by atoms with Crippen LogP contribution in [0.2, 0.25) is 0 Å². The van der Waals surface area contributed by atoms with E-state index in [1.807, 2.05) is 19.1 Å². The van der Waals surface area contributed by atoms with Gasteiger partial charge in [0.05, 0.1) is 5.69 Å². The first-order chi connectivity index (χ1) is 9.60. The lowest BCUT2D eigenvalue weighted by atomic mass is 10.1. The standard InChI is InChI=1S/C15H14N2O2S/c1-9-15(16-14(8-18)20-9)12-3-4-13-11(7-12)5-6-17(13)10(2)19/h3-4,7-8H,5-6H2,1-2H3. The van der Waals surface area contributed by atoms with Gasteiger partial charge in [0.15, 0.2) is 11.3 Å². The Morgan fingerprint density at radius 3 is 2.90 bits per heavy atom. The van der Waals surface area contributed by atoms with E-state index < -0.39 is 0 Å². The molecule has 0 atom stereocenters. The number of carbonyl (C=O) groups is 2. The first-order valence-electron chi connectivity index (χ1n) is 6.44. The summed E-state index contributed by atoms with van der Waals surface area (Å²) in [4.78, 5) is 29.5. The minimum atomic E-state index is 0.0737. The van der Waals surface area contributed by atoms with E-state index in [0.717, 1.165) is 46.6 Å².